The van der Waals surface area contributed by atoms with E-state index in [1.807, 2.05) is 0 Å². The van der Waals surface area contributed by atoms with Gasteiger partial charge < -0.3 is 21.1 Å². The lowest BCUT2D eigenvalue weighted by Gasteiger charge is -2.29. The van der Waals surface area contributed by atoms with Crippen LogP contribution in [0.25, 0.3) is 0 Å². The monoisotopic (exact) mass is 221 g/mol. The molecule has 0 bridgehead atoms. The SMILES string of the molecule is NC[C@@H](N)c1ccc(N2CCOCC2)cc1. The van der Waals surface area contributed by atoms with Gasteiger partial charge in [-0.25, -0.2) is 0 Å². The molecule has 0 aromatic heterocycles. The van der Waals surface area contributed by atoms with E-state index in [1.54, 1.807) is 0 Å². The third kappa shape index (κ3) is 2.52. The summed E-state index contributed by atoms with van der Waals surface area (Å²) in [6, 6.07) is 8.27. The number of nitrogens with zero attached hydrogens (tertiary/aromatic N) is 1. The number of hydrogen-bond acceptors (Lipinski definition) is 4. The van der Waals surface area contributed by atoms with Gasteiger partial charge in [0.25, 0.3) is 0 Å². The van der Waals surface area contributed by atoms with Crippen molar-refractivity contribution in [3.63, 3.8) is 0 Å². The van der Waals surface area contributed by atoms with Crippen LogP contribution in [-0.4, -0.2) is 32.8 Å². The highest BCUT2D eigenvalue weighted by atomic mass is 16.5. The molecule has 0 radical (unpaired) electrons. The molecular weight excluding hydrogens is 202 g/mol. The quantitative estimate of drug-likeness (QED) is 0.779. The van der Waals surface area contributed by atoms with Gasteiger partial charge in [0.1, 0.15) is 0 Å². The fourth-order valence-corrected chi connectivity index (χ4v) is 1.89. The van der Waals surface area contributed by atoms with Crippen molar-refractivity contribution in [2.24, 2.45) is 11.5 Å². The standard InChI is InChI=1S/C12H19N3O/c13-9-12(14)10-1-3-11(4-2-10)15-5-7-16-8-6-15/h1-4,12H,5-9,13-14H2/t12-/m1/s1. The van der Waals surface area contributed by atoms with Crippen molar-refractivity contribution < 1.29 is 4.74 Å². The molecule has 4 heteroatoms. The van der Waals surface area contributed by atoms with Crippen LogP contribution in [0.15, 0.2) is 24.3 Å². The summed E-state index contributed by atoms with van der Waals surface area (Å²) >= 11 is 0. The molecule has 2 rings (SSSR count). The average molecular weight is 221 g/mol. The molecule has 0 unspecified atom stereocenters. The molecule has 1 aliphatic heterocycles. The van der Waals surface area contributed by atoms with Crippen LogP contribution < -0.4 is 16.4 Å². The zero-order valence-electron chi connectivity index (χ0n) is 9.43. The Bertz CT molecular complexity index is 320. The van der Waals surface area contributed by atoms with Crippen molar-refractivity contribution in [3.05, 3.63) is 29.8 Å². The third-order valence-corrected chi connectivity index (χ3v) is 2.95. The molecule has 1 aliphatic rings. The van der Waals surface area contributed by atoms with Crippen LogP contribution in [0.2, 0.25) is 0 Å². The van der Waals surface area contributed by atoms with Gasteiger partial charge in [-0.3, -0.25) is 0 Å². The molecule has 4 N–H and O–H groups in total. The van der Waals surface area contributed by atoms with Crippen molar-refractivity contribution >= 4 is 5.69 Å². The second-order valence-corrected chi connectivity index (χ2v) is 4.03. The largest absolute Gasteiger partial charge is 0.378 e. The molecule has 0 aliphatic carbocycles. The van der Waals surface area contributed by atoms with Crippen LogP contribution in [0.3, 0.4) is 0 Å². The second-order valence-electron chi connectivity index (χ2n) is 4.03. The normalized spacial score (nSPS) is 18.5. The predicted molar refractivity (Wildman–Crippen MR) is 65.5 cm³/mol. The lowest BCUT2D eigenvalue weighted by Crippen LogP contribution is -2.36. The topological polar surface area (TPSA) is 64.5 Å². The van der Waals surface area contributed by atoms with Crippen LogP contribution >= 0.6 is 0 Å². The fourth-order valence-electron chi connectivity index (χ4n) is 1.89. The Kier molecular flexibility index (Phi) is 3.77. The molecule has 1 fully saturated rings. The predicted octanol–water partition coefficient (Wildman–Crippen LogP) is 0.482. The molecule has 0 saturated carbocycles. The highest BCUT2D eigenvalue weighted by Gasteiger charge is 2.11. The van der Waals surface area contributed by atoms with Crippen LogP contribution in [0.5, 0.6) is 0 Å². The maximum Gasteiger partial charge on any atom is 0.0642 e. The fraction of sp³-hybridized carbons (Fsp3) is 0.500. The van der Waals surface area contributed by atoms with E-state index < -0.39 is 0 Å². The highest BCUT2D eigenvalue weighted by molar-refractivity contribution is 5.48. The van der Waals surface area contributed by atoms with E-state index in [4.69, 9.17) is 16.2 Å². The Morgan fingerprint density at radius 1 is 1.19 bits per heavy atom. The molecule has 4 nitrogen and oxygen atoms in total. The van der Waals surface area contributed by atoms with Gasteiger partial charge in [-0.05, 0) is 17.7 Å². The summed E-state index contributed by atoms with van der Waals surface area (Å²) in [7, 11) is 0. The summed E-state index contributed by atoms with van der Waals surface area (Å²) in [6.45, 7) is 4.02. The lowest BCUT2D eigenvalue weighted by molar-refractivity contribution is 0.122. The molecule has 16 heavy (non-hydrogen) atoms. The minimum atomic E-state index is -0.0567. The van der Waals surface area contributed by atoms with Crippen molar-refractivity contribution in [1.82, 2.24) is 0 Å². The first-order valence-corrected chi connectivity index (χ1v) is 5.69. The smallest absolute Gasteiger partial charge is 0.0642 e. The van der Waals surface area contributed by atoms with Crippen LogP contribution in [0, 0.1) is 0 Å². The summed E-state index contributed by atoms with van der Waals surface area (Å²) < 4.78 is 5.32. The Morgan fingerprint density at radius 3 is 2.38 bits per heavy atom. The van der Waals surface area contributed by atoms with Gasteiger partial charge in [0.15, 0.2) is 0 Å². The number of ether oxygens (including phenoxy) is 1. The van der Waals surface area contributed by atoms with Crippen molar-refractivity contribution in [2.45, 2.75) is 6.04 Å². The summed E-state index contributed by atoms with van der Waals surface area (Å²) in [5, 5.41) is 0. The Hall–Kier alpha value is -1.10. The van der Waals surface area contributed by atoms with E-state index in [2.05, 4.69) is 29.2 Å². The van der Waals surface area contributed by atoms with Gasteiger partial charge in [0.2, 0.25) is 0 Å². The lowest BCUT2D eigenvalue weighted by atomic mass is 10.1. The molecule has 1 heterocycles. The number of hydrogen-bond donors (Lipinski definition) is 2. The van der Waals surface area contributed by atoms with Crippen molar-refractivity contribution in [2.75, 3.05) is 37.7 Å². The molecule has 88 valence electrons. The summed E-state index contributed by atoms with van der Waals surface area (Å²) in [6.07, 6.45) is 0. The molecule has 0 spiro atoms. The van der Waals surface area contributed by atoms with Gasteiger partial charge in [0.05, 0.1) is 13.2 Å². The average Bonchev–Trinajstić information content (AvgIpc) is 2.39. The van der Waals surface area contributed by atoms with E-state index in [0.717, 1.165) is 31.9 Å². The van der Waals surface area contributed by atoms with Gasteiger partial charge in [-0.2, -0.15) is 0 Å². The van der Waals surface area contributed by atoms with Gasteiger partial charge in [-0.1, -0.05) is 12.1 Å². The first-order valence-electron chi connectivity index (χ1n) is 5.69. The maximum absolute atomic E-state index is 5.86. The first-order chi connectivity index (χ1) is 7.81. The highest BCUT2D eigenvalue weighted by Crippen LogP contribution is 2.18. The Morgan fingerprint density at radius 2 is 1.81 bits per heavy atom. The Labute approximate surface area is 96.2 Å². The van der Waals surface area contributed by atoms with Gasteiger partial charge >= 0.3 is 0 Å². The molecule has 1 saturated heterocycles. The molecule has 1 aromatic rings. The zero-order chi connectivity index (χ0) is 11.4. The van der Waals surface area contributed by atoms with Crippen LogP contribution in [0.4, 0.5) is 5.69 Å². The van der Waals surface area contributed by atoms with E-state index in [-0.39, 0.29) is 6.04 Å². The molecule has 0 amide bonds. The van der Waals surface area contributed by atoms with Gasteiger partial charge in [-0.15, -0.1) is 0 Å². The van der Waals surface area contributed by atoms with Gasteiger partial charge in [0, 0.05) is 31.4 Å². The number of benzene rings is 1. The van der Waals surface area contributed by atoms with E-state index in [9.17, 15) is 0 Å². The number of nitrogens with two attached hydrogens (primary N) is 2. The van der Waals surface area contributed by atoms with E-state index >= 15 is 0 Å². The van der Waals surface area contributed by atoms with E-state index in [0.29, 0.717) is 6.54 Å². The first kappa shape index (κ1) is 11.4. The van der Waals surface area contributed by atoms with Crippen LogP contribution in [0.1, 0.15) is 11.6 Å². The summed E-state index contributed by atoms with van der Waals surface area (Å²) in [5.41, 5.74) is 13.7. The maximum atomic E-state index is 5.86. The minimum absolute atomic E-state index is 0.0567. The van der Waals surface area contributed by atoms with E-state index in [1.165, 1.54) is 5.69 Å². The summed E-state index contributed by atoms with van der Waals surface area (Å²) in [5.74, 6) is 0. The number of rotatable bonds is 3. The number of anilines is 1. The second kappa shape index (κ2) is 5.30. The summed E-state index contributed by atoms with van der Waals surface area (Å²) in [4.78, 5) is 2.32. The number of morpholine rings is 1. The molecular formula is C12H19N3O. The molecule has 1 atom stereocenters. The zero-order valence-corrected chi connectivity index (χ0v) is 9.43. The van der Waals surface area contributed by atoms with Crippen molar-refractivity contribution in [1.29, 1.82) is 0 Å². The van der Waals surface area contributed by atoms with Crippen LogP contribution in [-0.2, 0) is 4.74 Å². The third-order valence-electron chi connectivity index (χ3n) is 2.95. The minimum Gasteiger partial charge on any atom is -0.378 e. The molecule has 1 aromatic carbocycles. The van der Waals surface area contributed by atoms with Crippen molar-refractivity contribution in [3.8, 4) is 0 Å². The Balaban J connectivity index is 2.06.